The smallest absolute Gasteiger partial charge is 0.321 e. The van der Waals surface area contributed by atoms with E-state index in [0.29, 0.717) is 18.0 Å². The second-order valence-corrected chi connectivity index (χ2v) is 6.10. The first-order valence-electron chi connectivity index (χ1n) is 8.84. The van der Waals surface area contributed by atoms with Crippen molar-refractivity contribution in [3.63, 3.8) is 0 Å². The van der Waals surface area contributed by atoms with Gasteiger partial charge in [0, 0.05) is 24.6 Å². The molecule has 0 saturated heterocycles. The second kappa shape index (κ2) is 8.18. The van der Waals surface area contributed by atoms with Gasteiger partial charge in [0.15, 0.2) is 0 Å². The number of carbonyl (C=O) groups excluding carboxylic acids is 1. The Hall–Kier alpha value is -3.93. The number of fused-ring (bicyclic) bond motifs is 1. The predicted octanol–water partition coefficient (Wildman–Crippen LogP) is 4.74. The lowest BCUT2D eigenvalue weighted by molar-refractivity contribution is 0.252. The van der Waals surface area contributed by atoms with Crippen molar-refractivity contribution in [3.05, 3.63) is 90.8 Å². The number of rotatable bonds is 5. The van der Waals surface area contributed by atoms with E-state index in [-0.39, 0.29) is 12.0 Å². The van der Waals surface area contributed by atoms with Gasteiger partial charge in [0.1, 0.15) is 5.75 Å². The van der Waals surface area contributed by atoms with Crippen molar-refractivity contribution in [1.29, 1.82) is 0 Å². The highest BCUT2D eigenvalue weighted by Crippen LogP contribution is 2.20. The Kier molecular flexibility index (Phi) is 5.11. The molecule has 0 radical (unpaired) electrons. The van der Waals surface area contributed by atoms with Crippen LogP contribution >= 0.6 is 0 Å². The fraction of sp³-hybridized carbons (Fsp3) is 0.0455. The molecule has 138 valence electrons. The predicted molar refractivity (Wildman–Crippen MR) is 108 cm³/mol. The molecule has 0 aliphatic carbocycles. The average Bonchev–Trinajstić information content (AvgIpc) is 2.74. The van der Waals surface area contributed by atoms with Crippen molar-refractivity contribution in [2.75, 3.05) is 5.32 Å². The number of amides is 2. The van der Waals surface area contributed by atoms with E-state index in [2.05, 4.69) is 38.8 Å². The van der Waals surface area contributed by atoms with Gasteiger partial charge < -0.3 is 15.4 Å². The van der Waals surface area contributed by atoms with E-state index in [0.717, 1.165) is 16.3 Å². The van der Waals surface area contributed by atoms with Gasteiger partial charge >= 0.3 is 12.0 Å². The number of nitrogens with zero attached hydrogens (tertiary/aromatic N) is 2. The maximum Gasteiger partial charge on any atom is 0.321 e. The first kappa shape index (κ1) is 17.5. The van der Waals surface area contributed by atoms with Crippen LogP contribution in [0.1, 0.15) is 5.56 Å². The summed E-state index contributed by atoms with van der Waals surface area (Å²) in [5, 5.41) is 7.99. The molecule has 0 aliphatic rings. The maximum atomic E-state index is 12.2. The Morgan fingerprint density at radius 3 is 2.43 bits per heavy atom. The van der Waals surface area contributed by atoms with Crippen LogP contribution in [-0.2, 0) is 6.54 Å². The van der Waals surface area contributed by atoms with Crippen molar-refractivity contribution in [3.8, 4) is 11.8 Å². The lowest BCUT2D eigenvalue weighted by atomic mass is 10.0. The Bertz CT molecular complexity index is 1080. The van der Waals surface area contributed by atoms with Gasteiger partial charge in [-0.1, -0.05) is 42.5 Å². The highest BCUT2D eigenvalue weighted by atomic mass is 16.5. The van der Waals surface area contributed by atoms with Crippen LogP contribution in [0.3, 0.4) is 0 Å². The van der Waals surface area contributed by atoms with Gasteiger partial charge in [-0.3, -0.25) is 0 Å². The zero-order valence-corrected chi connectivity index (χ0v) is 15.0. The van der Waals surface area contributed by atoms with E-state index in [9.17, 15) is 4.79 Å². The summed E-state index contributed by atoms with van der Waals surface area (Å²) < 4.78 is 5.53. The van der Waals surface area contributed by atoms with Crippen molar-refractivity contribution in [2.45, 2.75) is 6.54 Å². The fourth-order valence-corrected chi connectivity index (χ4v) is 2.85. The van der Waals surface area contributed by atoms with Gasteiger partial charge in [0.2, 0.25) is 0 Å². The van der Waals surface area contributed by atoms with Crippen molar-refractivity contribution in [2.24, 2.45) is 0 Å². The lowest BCUT2D eigenvalue weighted by Crippen LogP contribution is -2.28. The van der Waals surface area contributed by atoms with Crippen LogP contribution in [0.5, 0.6) is 11.8 Å². The highest BCUT2D eigenvalue weighted by Gasteiger charge is 2.05. The summed E-state index contributed by atoms with van der Waals surface area (Å²) in [5.41, 5.74) is 1.73. The molecular weight excluding hydrogens is 352 g/mol. The summed E-state index contributed by atoms with van der Waals surface area (Å²) in [6.07, 6.45) is 3.22. The third-order valence-corrected chi connectivity index (χ3v) is 4.18. The summed E-state index contributed by atoms with van der Waals surface area (Å²) in [6, 6.07) is 22.9. The number of hydrogen-bond donors (Lipinski definition) is 2. The normalized spacial score (nSPS) is 10.4. The van der Waals surface area contributed by atoms with Crippen molar-refractivity contribution >= 4 is 22.5 Å². The van der Waals surface area contributed by atoms with Crippen LogP contribution in [0.25, 0.3) is 10.8 Å². The van der Waals surface area contributed by atoms with Gasteiger partial charge in [-0.05, 0) is 46.7 Å². The topological polar surface area (TPSA) is 76.1 Å². The quantitative estimate of drug-likeness (QED) is 0.532. The third kappa shape index (κ3) is 4.24. The number of nitrogens with one attached hydrogen (secondary N) is 2. The first-order valence-corrected chi connectivity index (χ1v) is 8.84. The monoisotopic (exact) mass is 370 g/mol. The number of ether oxygens (including phenoxy) is 1. The summed E-state index contributed by atoms with van der Waals surface area (Å²) in [6.45, 7) is 0.444. The van der Waals surface area contributed by atoms with Crippen LogP contribution in [-0.4, -0.2) is 16.0 Å². The minimum absolute atomic E-state index is 0.270. The van der Waals surface area contributed by atoms with Crippen molar-refractivity contribution in [1.82, 2.24) is 15.3 Å². The van der Waals surface area contributed by atoms with Crippen LogP contribution in [0.4, 0.5) is 10.5 Å². The molecule has 3 aromatic carbocycles. The average molecular weight is 370 g/mol. The Balaban J connectivity index is 1.34. The highest BCUT2D eigenvalue weighted by molar-refractivity contribution is 5.90. The Labute approximate surface area is 162 Å². The van der Waals surface area contributed by atoms with E-state index in [4.69, 9.17) is 4.74 Å². The molecule has 0 fully saturated rings. The maximum absolute atomic E-state index is 12.2. The second-order valence-electron chi connectivity index (χ2n) is 6.10. The number of urea groups is 1. The largest absolute Gasteiger partial charge is 0.424 e. The van der Waals surface area contributed by atoms with E-state index in [1.165, 1.54) is 0 Å². The lowest BCUT2D eigenvalue weighted by Gasteiger charge is -2.10. The van der Waals surface area contributed by atoms with E-state index in [1.54, 1.807) is 42.7 Å². The SMILES string of the molecule is O=C(NCc1cccc2ccccc12)Nc1ccc(Oc2ncccn2)cc1. The molecule has 6 nitrogen and oxygen atoms in total. The molecule has 1 aromatic heterocycles. The molecule has 0 atom stereocenters. The number of anilines is 1. The molecule has 6 heteroatoms. The molecule has 2 N–H and O–H groups in total. The molecule has 0 spiro atoms. The number of benzene rings is 3. The van der Waals surface area contributed by atoms with Gasteiger partial charge in [-0.2, -0.15) is 0 Å². The standard InChI is InChI=1S/C22H18N4O2/c27-21(25-15-17-7-3-6-16-5-1-2-8-20(16)17)26-18-9-11-19(12-10-18)28-22-23-13-4-14-24-22/h1-14H,15H2,(H2,25,26,27). The summed E-state index contributed by atoms with van der Waals surface area (Å²) in [7, 11) is 0. The minimum atomic E-state index is -0.270. The van der Waals surface area contributed by atoms with Gasteiger partial charge in [0.05, 0.1) is 0 Å². The van der Waals surface area contributed by atoms with Gasteiger partial charge in [0.25, 0.3) is 0 Å². The number of aromatic nitrogens is 2. The number of hydrogen-bond acceptors (Lipinski definition) is 4. The molecule has 4 rings (SSSR count). The van der Waals surface area contributed by atoms with Gasteiger partial charge in [-0.25, -0.2) is 14.8 Å². The third-order valence-electron chi connectivity index (χ3n) is 4.18. The molecule has 4 aromatic rings. The summed E-state index contributed by atoms with van der Waals surface area (Å²) in [5.74, 6) is 0.591. The Morgan fingerprint density at radius 2 is 1.61 bits per heavy atom. The molecule has 0 bridgehead atoms. The number of carbonyl (C=O) groups is 1. The molecular formula is C22H18N4O2. The van der Waals surface area contributed by atoms with Crippen LogP contribution < -0.4 is 15.4 Å². The zero-order chi connectivity index (χ0) is 19.2. The van der Waals surface area contributed by atoms with E-state index in [1.807, 2.05) is 24.3 Å². The molecule has 0 aliphatic heterocycles. The molecule has 1 heterocycles. The molecule has 0 unspecified atom stereocenters. The van der Waals surface area contributed by atoms with Crippen molar-refractivity contribution < 1.29 is 9.53 Å². The molecule has 2 amide bonds. The van der Waals surface area contributed by atoms with E-state index < -0.39 is 0 Å². The minimum Gasteiger partial charge on any atom is -0.424 e. The fourth-order valence-electron chi connectivity index (χ4n) is 2.85. The van der Waals surface area contributed by atoms with Crippen LogP contribution in [0.2, 0.25) is 0 Å². The van der Waals surface area contributed by atoms with Gasteiger partial charge in [-0.15, -0.1) is 0 Å². The summed E-state index contributed by atoms with van der Waals surface area (Å²) >= 11 is 0. The Morgan fingerprint density at radius 1 is 0.857 bits per heavy atom. The first-order chi connectivity index (χ1) is 13.8. The molecule has 28 heavy (non-hydrogen) atoms. The van der Waals surface area contributed by atoms with Crippen LogP contribution in [0, 0.1) is 0 Å². The summed E-state index contributed by atoms with van der Waals surface area (Å²) in [4.78, 5) is 20.2. The molecule has 0 saturated carbocycles. The zero-order valence-electron chi connectivity index (χ0n) is 15.0. The van der Waals surface area contributed by atoms with Crippen LogP contribution in [0.15, 0.2) is 85.2 Å². The van der Waals surface area contributed by atoms with E-state index >= 15 is 0 Å².